The quantitative estimate of drug-likeness (QED) is 0.358. The molecule has 6 nitrogen and oxygen atoms in total. The van der Waals surface area contributed by atoms with E-state index in [4.69, 9.17) is 9.84 Å². The molecule has 0 amide bonds. The fourth-order valence-electron chi connectivity index (χ4n) is 2.79. The van der Waals surface area contributed by atoms with Crippen LogP contribution >= 0.6 is 0 Å². The Balaban J connectivity index is 2.23. The monoisotopic (exact) mass is 394 g/mol. The smallest absolute Gasteiger partial charge is 0.303 e. The fourth-order valence-corrected chi connectivity index (χ4v) is 2.79. The van der Waals surface area contributed by atoms with Gasteiger partial charge in [-0.2, -0.15) is 0 Å². The topological polar surface area (TPSA) is 107 Å². The summed E-state index contributed by atoms with van der Waals surface area (Å²) in [4.78, 5) is 10.4. The van der Waals surface area contributed by atoms with Crippen LogP contribution in [0, 0.1) is 0 Å². The molecule has 0 spiro atoms. The molecule has 0 radical (unpaired) electrons. The van der Waals surface area contributed by atoms with E-state index in [1.54, 1.807) is 6.08 Å². The summed E-state index contributed by atoms with van der Waals surface area (Å²) in [5.74, 6) is -0.783. The molecule has 0 aliphatic carbocycles. The van der Waals surface area contributed by atoms with E-state index in [9.17, 15) is 20.1 Å². The zero-order valence-electron chi connectivity index (χ0n) is 16.6. The van der Waals surface area contributed by atoms with Crippen molar-refractivity contribution >= 4 is 5.97 Å². The van der Waals surface area contributed by atoms with E-state index in [1.165, 1.54) is 6.08 Å². The molecular weight excluding hydrogens is 360 g/mol. The van der Waals surface area contributed by atoms with Crippen molar-refractivity contribution in [3.8, 4) is 0 Å². The molecular formula is C22H34O6. The Kier molecular flexibility index (Phi) is 12.4. The van der Waals surface area contributed by atoms with Gasteiger partial charge in [0.15, 0.2) is 0 Å². The Bertz CT molecular complexity index is 551. The van der Waals surface area contributed by atoms with Crippen LogP contribution in [0.4, 0.5) is 0 Å². The Morgan fingerprint density at radius 3 is 2.36 bits per heavy atom. The maximum atomic E-state index is 10.4. The molecule has 6 heteroatoms. The first-order chi connectivity index (χ1) is 13.4. The lowest BCUT2D eigenvalue weighted by Gasteiger charge is -2.16. The van der Waals surface area contributed by atoms with Crippen molar-refractivity contribution in [2.24, 2.45) is 0 Å². The minimum atomic E-state index is -0.837. The highest BCUT2D eigenvalue weighted by Gasteiger charge is 2.36. The lowest BCUT2D eigenvalue weighted by atomic mass is 10.0. The number of aliphatic carboxylic acids is 1. The first-order valence-electron chi connectivity index (χ1n) is 9.98. The highest BCUT2D eigenvalue weighted by molar-refractivity contribution is 5.66. The van der Waals surface area contributed by atoms with Gasteiger partial charge < -0.3 is 25.2 Å². The molecule has 1 aliphatic heterocycles. The summed E-state index contributed by atoms with van der Waals surface area (Å²) in [6.07, 6.45) is 15.9. The Hall–Kier alpha value is -1.73. The van der Waals surface area contributed by atoms with E-state index in [1.807, 2.05) is 43.4 Å². The molecule has 1 rings (SSSR count). The van der Waals surface area contributed by atoms with E-state index in [0.29, 0.717) is 25.7 Å². The highest BCUT2D eigenvalue weighted by atomic mass is 16.5. The minimum Gasteiger partial charge on any atom is -0.481 e. The van der Waals surface area contributed by atoms with Crippen LogP contribution in [0.3, 0.4) is 0 Å². The van der Waals surface area contributed by atoms with Gasteiger partial charge in [-0.05, 0) is 32.1 Å². The summed E-state index contributed by atoms with van der Waals surface area (Å²) >= 11 is 0. The summed E-state index contributed by atoms with van der Waals surface area (Å²) in [5.41, 5.74) is 0. The van der Waals surface area contributed by atoms with Gasteiger partial charge in [-0.3, -0.25) is 4.79 Å². The zero-order valence-corrected chi connectivity index (χ0v) is 16.6. The molecule has 0 unspecified atom stereocenters. The average Bonchev–Trinajstić information content (AvgIpc) is 3.04. The Morgan fingerprint density at radius 2 is 1.71 bits per heavy atom. The molecule has 28 heavy (non-hydrogen) atoms. The first kappa shape index (κ1) is 24.3. The SMILES string of the molecule is CC[C@@H](O)/C=C/[C@@H](O)[C@@H]1C[C@H](O)[C@@H](C/C=C\C/C=C\C/C=C\CCC(=O)O)O1. The molecule has 1 aliphatic rings. The van der Waals surface area contributed by atoms with Gasteiger partial charge in [-0.15, -0.1) is 0 Å². The van der Waals surface area contributed by atoms with E-state index in [-0.39, 0.29) is 12.5 Å². The molecule has 0 aromatic heterocycles. The molecule has 0 aromatic carbocycles. The van der Waals surface area contributed by atoms with Gasteiger partial charge >= 0.3 is 5.97 Å². The number of carboxylic acid groups (broad SMARTS) is 1. The van der Waals surface area contributed by atoms with Crippen LogP contribution in [0.15, 0.2) is 48.6 Å². The Labute approximate surface area is 167 Å². The standard InChI is InChI=1S/C22H34O6/c1-2-17(23)14-15-18(24)21-16-19(25)20(28-21)12-10-8-6-4-3-5-7-9-11-13-22(26)27/h3-4,7-10,14-15,17-21,23-25H,2,5-6,11-13,16H2,1H3,(H,26,27)/b4-3-,9-7-,10-8-,15-14+/t17-,18-,19+,20-,21+/m1/s1. The molecule has 0 aromatic rings. The van der Waals surface area contributed by atoms with Crippen molar-refractivity contribution in [2.75, 3.05) is 0 Å². The van der Waals surface area contributed by atoms with Crippen LogP contribution < -0.4 is 0 Å². The van der Waals surface area contributed by atoms with Crippen molar-refractivity contribution in [2.45, 2.75) is 82.4 Å². The number of hydrogen-bond donors (Lipinski definition) is 4. The third-order valence-electron chi connectivity index (χ3n) is 4.52. The number of hydrogen-bond acceptors (Lipinski definition) is 5. The molecule has 1 fully saturated rings. The van der Waals surface area contributed by atoms with Gasteiger partial charge in [-0.1, -0.05) is 55.5 Å². The predicted molar refractivity (Wildman–Crippen MR) is 109 cm³/mol. The zero-order chi connectivity index (χ0) is 20.8. The summed E-state index contributed by atoms with van der Waals surface area (Å²) in [7, 11) is 0. The van der Waals surface area contributed by atoms with Crippen LogP contribution in [0.1, 0.15) is 51.9 Å². The van der Waals surface area contributed by atoms with Crippen molar-refractivity contribution < 1.29 is 30.0 Å². The number of aliphatic hydroxyl groups excluding tert-OH is 3. The second-order valence-electron chi connectivity index (χ2n) is 6.92. The fraction of sp³-hybridized carbons (Fsp3) is 0.591. The highest BCUT2D eigenvalue weighted by Crippen LogP contribution is 2.26. The second-order valence-corrected chi connectivity index (χ2v) is 6.92. The average molecular weight is 395 g/mol. The lowest BCUT2D eigenvalue weighted by Crippen LogP contribution is -2.24. The third-order valence-corrected chi connectivity index (χ3v) is 4.52. The van der Waals surface area contributed by atoms with Crippen LogP contribution in [0.2, 0.25) is 0 Å². The van der Waals surface area contributed by atoms with E-state index in [0.717, 1.165) is 12.8 Å². The number of rotatable bonds is 13. The van der Waals surface area contributed by atoms with E-state index < -0.39 is 30.4 Å². The molecule has 1 heterocycles. The largest absolute Gasteiger partial charge is 0.481 e. The summed E-state index contributed by atoms with van der Waals surface area (Å²) in [6.45, 7) is 1.86. The predicted octanol–water partition coefficient (Wildman–Crippen LogP) is 2.90. The van der Waals surface area contributed by atoms with Gasteiger partial charge in [-0.25, -0.2) is 0 Å². The number of carboxylic acids is 1. The Morgan fingerprint density at radius 1 is 1.07 bits per heavy atom. The van der Waals surface area contributed by atoms with E-state index >= 15 is 0 Å². The van der Waals surface area contributed by atoms with Crippen LogP contribution in [-0.4, -0.2) is 56.9 Å². The molecule has 158 valence electrons. The number of carbonyl (C=O) groups is 1. The maximum Gasteiger partial charge on any atom is 0.303 e. The number of allylic oxidation sites excluding steroid dienone is 5. The van der Waals surface area contributed by atoms with Gasteiger partial charge in [0.1, 0.15) is 0 Å². The van der Waals surface area contributed by atoms with E-state index in [2.05, 4.69) is 0 Å². The second kappa shape index (κ2) is 14.3. The van der Waals surface area contributed by atoms with Crippen LogP contribution in [-0.2, 0) is 9.53 Å². The number of ether oxygens (including phenoxy) is 1. The van der Waals surface area contributed by atoms with Crippen molar-refractivity contribution in [3.63, 3.8) is 0 Å². The summed E-state index contributed by atoms with van der Waals surface area (Å²) in [5, 5.41) is 38.2. The normalized spacial score (nSPS) is 25.5. The molecule has 4 N–H and O–H groups in total. The maximum absolute atomic E-state index is 10.4. The van der Waals surface area contributed by atoms with Gasteiger partial charge in [0, 0.05) is 12.8 Å². The van der Waals surface area contributed by atoms with Crippen molar-refractivity contribution in [1.29, 1.82) is 0 Å². The van der Waals surface area contributed by atoms with Gasteiger partial charge in [0.2, 0.25) is 0 Å². The molecule has 1 saturated heterocycles. The van der Waals surface area contributed by atoms with Crippen LogP contribution in [0.25, 0.3) is 0 Å². The lowest BCUT2D eigenvalue weighted by molar-refractivity contribution is -0.136. The summed E-state index contributed by atoms with van der Waals surface area (Å²) in [6, 6.07) is 0. The third kappa shape index (κ3) is 10.6. The number of aliphatic hydroxyl groups is 3. The molecule has 0 bridgehead atoms. The summed E-state index contributed by atoms with van der Waals surface area (Å²) < 4.78 is 5.75. The van der Waals surface area contributed by atoms with Crippen molar-refractivity contribution in [1.82, 2.24) is 0 Å². The van der Waals surface area contributed by atoms with Gasteiger partial charge in [0.05, 0.1) is 30.5 Å². The molecule has 5 atom stereocenters. The molecule has 0 saturated carbocycles. The van der Waals surface area contributed by atoms with Crippen molar-refractivity contribution in [3.05, 3.63) is 48.6 Å². The van der Waals surface area contributed by atoms with Crippen LogP contribution in [0.5, 0.6) is 0 Å². The minimum absolute atomic E-state index is 0.160. The van der Waals surface area contributed by atoms with Gasteiger partial charge in [0.25, 0.3) is 0 Å². The first-order valence-corrected chi connectivity index (χ1v) is 9.98.